The molecule has 1 saturated carbocycles. The number of nitrogens with one attached hydrogen (secondary N) is 1. The van der Waals surface area contributed by atoms with Crippen molar-refractivity contribution in [1.29, 1.82) is 0 Å². The molecule has 0 spiro atoms. The van der Waals surface area contributed by atoms with Gasteiger partial charge in [0.05, 0.1) is 0 Å². The summed E-state index contributed by atoms with van der Waals surface area (Å²) in [4.78, 5) is 0. The van der Waals surface area contributed by atoms with Crippen LogP contribution in [0.2, 0.25) is 0 Å². The topological polar surface area (TPSA) is 12.0 Å². The molecule has 1 rings (SSSR count). The fourth-order valence-electron chi connectivity index (χ4n) is 3.20. The van der Waals surface area contributed by atoms with Crippen molar-refractivity contribution < 1.29 is 0 Å². The highest BCUT2D eigenvalue weighted by atomic mass is 14.9. The van der Waals surface area contributed by atoms with Crippen LogP contribution in [0.1, 0.15) is 72.6 Å². The van der Waals surface area contributed by atoms with E-state index in [1.54, 1.807) is 0 Å². The minimum absolute atomic E-state index is 0.804. The Balaban J connectivity index is 2.31. The van der Waals surface area contributed by atoms with E-state index in [9.17, 15) is 0 Å². The zero-order valence-corrected chi connectivity index (χ0v) is 12.5. The summed E-state index contributed by atoms with van der Waals surface area (Å²) in [6, 6.07) is 0.804. The Morgan fingerprint density at radius 3 is 2.47 bits per heavy atom. The molecule has 0 heterocycles. The van der Waals surface area contributed by atoms with Crippen molar-refractivity contribution in [3.63, 3.8) is 0 Å². The summed E-state index contributed by atoms with van der Waals surface area (Å²) in [7, 11) is 0. The molecule has 0 radical (unpaired) electrons. The Morgan fingerprint density at radius 1 is 1.18 bits per heavy atom. The van der Waals surface area contributed by atoms with Crippen LogP contribution in [0.25, 0.3) is 0 Å². The number of hydrogen-bond acceptors (Lipinski definition) is 1. The van der Waals surface area contributed by atoms with E-state index in [2.05, 4.69) is 33.0 Å². The van der Waals surface area contributed by atoms with Crippen LogP contribution >= 0.6 is 0 Å². The molecule has 1 N–H and O–H groups in total. The summed E-state index contributed by atoms with van der Waals surface area (Å²) in [5.74, 6) is 2.80. The van der Waals surface area contributed by atoms with Crippen molar-refractivity contribution in [3.05, 3.63) is 0 Å². The smallest absolute Gasteiger partial charge is 0.00954 e. The van der Waals surface area contributed by atoms with Crippen LogP contribution < -0.4 is 5.32 Å². The highest BCUT2D eigenvalue weighted by Gasteiger charge is 2.27. The lowest BCUT2D eigenvalue weighted by Crippen LogP contribution is -2.35. The first-order valence-electron chi connectivity index (χ1n) is 7.86. The van der Waals surface area contributed by atoms with Gasteiger partial charge >= 0.3 is 0 Å². The molecule has 1 fully saturated rings. The quantitative estimate of drug-likeness (QED) is 0.652. The van der Waals surface area contributed by atoms with Gasteiger partial charge in [0.15, 0.2) is 0 Å². The lowest BCUT2D eigenvalue weighted by atomic mass is 9.91. The van der Waals surface area contributed by atoms with Crippen molar-refractivity contribution in [1.82, 2.24) is 5.32 Å². The molecular weight excluding hydrogens is 206 g/mol. The van der Waals surface area contributed by atoms with Crippen LogP contribution in [0.15, 0.2) is 0 Å². The van der Waals surface area contributed by atoms with Crippen molar-refractivity contribution in [2.24, 2.45) is 17.8 Å². The predicted octanol–water partition coefficient (Wildman–Crippen LogP) is 4.62. The Hall–Kier alpha value is -0.0400. The molecule has 0 saturated heterocycles. The molecule has 0 bridgehead atoms. The maximum absolute atomic E-state index is 3.81. The van der Waals surface area contributed by atoms with E-state index in [1.807, 2.05) is 0 Å². The van der Waals surface area contributed by atoms with Crippen LogP contribution in [0, 0.1) is 17.8 Å². The van der Waals surface area contributed by atoms with E-state index in [0.717, 1.165) is 23.8 Å². The minimum Gasteiger partial charge on any atom is -0.314 e. The molecular formula is C16H33N. The van der Waals surface area contributed by atoms with Crippen LogP contribution in [0.5, 0.6) is 0 Å². The first kappa shape index (κ1) is 15.0. The third-order valence-electron chi connectivity index (χ3n) is 4.26. The summed E-state index contributed by atoms with van der Waals surface area (Å²) >= 11 is 0. The van der Waals surface area contributed by atoms with Crippen molar-refractivity contribution in [3.8, 4) is 0 Å². The fourth-order valence-corrected chi connectivity index (χ4v) is 3.20. The monoisotopic (exact) mass is 239 g/mol. The van der Waals surface area contributed by atoms with Crippen molar-refractivity contribution >= 4 is 0 Å². The molecule has 0 aromatic heterocycles. The van der Waals surface area contributed by atoms with Gasteiger partial charge in [-0.2, -0.15) is 0 Å². The van der Waals surface area contributed by atoms with E-state index >= 15 is 0 Å². The number of rotatable bonds is 8. The summed E-state index contributed by atoms with van der Waals surface area (Å²) in [6.45, 7) is 10.6. The normalized spacial score (nSPS) is 26.6. The standard InChI is InChI=1S/C16H33N/c1-5-11-17-16(8-6-7-13(2)3)15-10-9-14(4)12-15/h13-17H,5-12H2,1-4H3. The maximum Gasteiger partial charge on any atom is 0.00954 e. The second-order valence-electron chi connectivity index (χ2n) is 6.56. The molecule has 0 aliphatic heterocycles. The SMILES string of the molecule is CCCNC(CCCC(C)C)C1CCC(C)C1. The highest BCUT2D eigenvalue weighted by Crippen LogP contribution is 2.34. The second kappa shape index (κ2) is 8.13. The minimum atomic E-state index is 0.804. The first-order chi connectivity index (χ1) is 8.13. The molecule has 1 aliphatic rings. The summed E-state index contributed by atoms with van der Waals surface area (Å²) in [5, 5.41) is 3.81. The highest BCUT2D eigenvalue weighted by molar-refractivity contribution is 4.83. The predicted molar refractivity (Wildman–Crippen MR) is 77.3 cm³/mol. The van der Waals surface area contributed by atoms with E-state index in [-0.39, 0.29) is 0 Å². The molecule has 3 atom stereocenters. The van der Waals surface area contributed by atoms with Crippen LogP contribution in [-0.2, 0) is 0 Å². The molecule has 1 heteroatoms. The van der Waals surface area contributed by atoms with Gasteiger partial charge in [0, 0.05) is 6.04 Å². The molecule has 0 aromatic carbocycles. The van der Waals surface area contributed by atoms with Crippen molar-refractivity contribution in [2.45, 2.75) is 78.7 Å². The van der Waals surface area contributed by atoms with Crippen molar-refractivity contribution in [2.75, 3.05) is 6.54 Å². The zero-order valence-electron chi connectivity index (χ0n) is 12.5. The molecule has 17 heavy (non-hydrogen) atoms. The Morgan fingerprint density at radius 2 is 1.94 bits per heavy atom. The van der Waals surface area contributed by atoms with Gasteiger partial charge < -0.3 is 5.32 Å². The summed E-state index contributed by atoms with van der Waals surface area (Å²) < 4.78 is 0. The van der Waals surface area contributed by atoms with Crippen LogP contribution in [0.3, 0.4) is 0 Å². The summed E-state index contributed by atoms with van der Waals surface area (Å²) in [5.41, 5.74) is 0. The molecule has 1 aliphatic carbocycles. The molecule has 102 valence electrons. The van der Waals surface area contributed by atoms with Crippen LogP contribution in [-0.4, -0.2) is 12.6 Å². The number of hydrogen-bond donors (Lipinski definition) is 1. The van der Waals surface area contributed by atoms with Gasteiger partial charge in [0.25, 0.3) is 0 Å². The zero-order chi connectivity index (χ0) is 12.7. The van der Waals surface area contributed by atoms with E-state index in [1.165, 1.54) is 51.5 Å². The van der Waals surface area contributed by atoms with Crippen LogP contribution in [0.4, 0.5) is 0 Å². The third-order valence-corrected chi connectivity index (χ3v) is 4.26. The molecule has 0 aromatic rings. The first-order valence-corrected chi connectivity index (χ1v) is 7.86. The third kappa shape index (κ3) is 5.90. The Bertz CT molecular complexity index is 188. The van der Waals surface area contributed by atoms with Gasteiger partial charge in [0.2, 0.25) is 0 Å². The largest absolute Gasteiger partial charge is 0.314 e. The van der Waals surface area contributed by atoms with Gasteiger partial charge in [-0.15, -0.1) is 0 Å². The average Bonchev–Trinajstić information content (AvgIpc) is 2.69. The average molecular weight is 239 g/mol. The maximum atomic E-state index is 3.81. The lowest BCUT2D eigenvalue weighted by molar-refractivity contribution is 0.320. The lowest BCUT2D eigenvalue weighted by Gasteiger charge is -2.25. The van der Waals surface area contributed by atoms with E-state index in [4.69, 9.17) is 0 Å². The molecule has 3 unspecified atom stereocenters. The van der Waals surface area contributed by atoms with Gasteiger partial charge in [-0.05, 0) is 50.0 Å². The van der Waals surface area contributed by atoms with Gasteiger partial charge in [0.1, 0.15) is 0 Å². The molecule has 0 amide bonds. The summed E-state index contributed by atoms with van der Waals surface area (Å²) in [6.07, 6.45) is 9.85. The van der Waals surface area contributed by atoms with E-state index < -0.39 is 0 Å². The Kier molecular flexibility index (Phi) is 7.18. The Labute approximate surface area is 109 Å². The van der Waals surface area contributed by atoms with E-state index in [0.29, 0.717) is 0 Å². The van der Waals surface area contributed by atoms with Gasteiger partial charge in [-0.1, -0.05) is 47.0 Å². The van der Waals surface area contributed by atoms with Gasteiger partial charge in [-0.25, -0.2) is 0 Å². The second-order valence-corrected chi connectivity index (χ2v) is 6.56. The fraction of sp³-hybridized carbons (Fsp3) is 1.00. The van der Waals surface area contributed by atoms with Gasteiger partial charge in [-0.3, -0.25) is 0 Å². The molecule has 1 nitrogen and oxygen atoms in total.